The van der Waals surface area contributed by atoms with Crippen LogP contribution in [0.2, 0.25) is 0 Å². The Labute approximate surface area is 178 Å². The van der Waals surface area contributed by atoms with Crippen LogP contribution in [0.3, 0.4) is 0 Å². The number of aromatic nitrogens is 2. The van der Waals surface area contributed by atoms with Crippen molar-refractivity contribution in [1.29, 1.82) is 0 Å². The smallest absolute Gasteiger partial charge is 0.287 e. The van der Waals surface area contributed by atoms with Gasteiger partial charge in [-0.1, -0.05) is 36.9 Å². The monoisotopic (exact) mass is 423 g/mol. The second-order valence-electron chi connectivity index (χ2n) is 7.04. The molecule has 30 heavy (non-hydrogen) atoms. The SMILES string of the molecule is O=C(NCc1cccc(N2CCN(C(=O)S)CC2)c1)c1nc2ccccc2c(=O)[nH]1. The molecule has 9 heteroatoms. The Morgan fingerprint density at radius 1 is 1.07 bits per heavy atom. The zero-order valence-corrected chi connectivity index (χ0v) is 17.1. The number of nitrogens with zero attached hydrogens (tertiary/aromatic N) is 3. The Morgan fingerprint density at radius 2 is 1.83 bits per heavy atom. The van der Waals surface area contributed by atoms with Crippen LogP contribution in [0.25, 0.3) is 10.9 Å². The Hall–Kier alpha value is -3.33. The highest BCUT2D eigenvalue weighted by atomic mass is 32.1. The first-order valence-corrected chi connectivity index (χ1v) is 10.0. The zero-order chi connectivity index (χ0) is 21.1. The Bertz CT molecular complexity index is 1150. The first-order chi connectivity index (χ1) is 14.5. The first-order valence-electron chi connectivity index (χ1n) is 9.60. The van der Waals surface area contributed by atoms with Crippen LogP contribution in [-0.4, -0.2) is 52.2 Å². The van der Waals surface area contributed by atoms with Gasteiger partial charge in [0.05, 0.1) is 10.9 Å². The van der Waals surface area contributed by atoms with Crippen molar-refractivity contribution in [3.05, 3.63) is 70.3 Å². The highest BCUT2D eigenvalue weighted by Gasteiger charge is 2.19. The van der Waals surface area contributed by atoms with E-state index < -0.39 is 5.91 Å². The molecule has 0 spiro atoms. The van der Waals surface area contributed by atoms with E-state index in [1.807, 2.05) is 24.3 Å². The fourth-order valence-electron chi connectivity index (χ4n) is 3.48. The second-order valence-corrected chi connectivity index (χ2v) is 7.42. The molecule has 0 aliphatic carbocycles. The van der Waals surface area contributed by atoms with Gasteiger partial charge in [-0.05, 0) is 29.8 Å². The van der Waals surface area contributed by atoms with Gasteiger partial charge in [0.2, 0.25) is 0 Å². The second kappa shape index (κ2) is 8.58. The predicted octanol–water partition coefficient (Wildman–Crippen LogP) is 2.02. The molecule has 1 aromatic heterocycles. The Balaban J connectivity index is 1.42. The number of rotatable bonds is 4. The summed E-state index contributed by atoms with van der Waals surface area (Å²) < 4.78 is 0. The molecule has 2 heterocycles. The van der Waals surface area contributed by atoms with Crippen LogP contribution in [-0.2, 0) is 6.54 Å². The highest BCUT2D eigenvalue weighted by Crippen LogP contribution is 2.19. The number of carbonyl (C=O) groups excluding carboxylic acids is 2. The molecule has 4 rings (SSSR count). The van der Waals surface area contributed by atoms with Gasteiger partial charge in [0.25, 0.3) is 16.7 Å². The number of anilines is 1. The number of amides is 2. The number of nitrogens with one attached hydrogen (secondary N) is 2. The van der Waals surface area contributed by atoms with Crippen LogP contribution in [0, 0.1) is 0 Å². The molecule has 1 saturated heterocycles. The Morgan fingerprint density at radius 3 is 2.60 bits per heavy atom. The number of hydrogen-bond donors (Lipinski definition) is 3. The summed E-state index contributed by atoms with van der Waals surface area (Å²) in [7, 11) is 0. The minimum absolute atomic E-state index is 0.0117. The van der Waals surface area contributed by atoms with Crippen molar-refractivity contribution in [2.45, 2.75) is 6.54 Å². The van der Waals surface area contributed by atoms with E-state index in [-0.39, 0.29) is 16.6 Å². The minimum atomic E-state index is -0.441. The molecule has 154 valence electrons. The molecule has 1 aliphatic rings. The van der Waals surface area contributed by atoms with E-state index in [1.54, 1.807) is 29.2 Å². The quantitative estimate of drug-likeness (QED) is 0.558. The summed E-state index contributed by atoms with van der Waals surface area (Å²) >= 11 is 3.88. The predicted molar refractivity (Wildman–Crippen MR) is 118 cm³/mol. The van der Waals surface area contributed by atoms with Crippen molar-refractivity contribution in [2.75, 3.05) is 31.1 Å². The molecule has 2 N–H and O–H groups in total. The number of fused-ring (bicyclic) bond motifs is 1. The molecule has 0 radical (unpaired) electrons. The van der Waals surface area contributed by atoms with Crippen molar-refractivity contribution in [1.82, 2.24) is 20.2 Å². The topological polar surface area (TPSA) is 98.4 Å². The van der Waals surface area contributed by atoms with Gasteiger partial charge in [0, 0.05) is 38.4 Å². The lowest BCUT2D eigenvalue weighted by Crippen LogP contribution is -2.47. The van der Waals surface area contributed by atoms with Crippen molar-refractivity contribution >= 4 is 40.4 Å². The fourth-order valence-corrected chi connectivity index (χ4v) is 3.68. The maximum absolute atomic E-state index is 12.5. The largest absolute Gasteiger partial charge is 0.368 e. The molecule has 0 bridgehead atoms. The standard InChI is InChI=1S/C21H21N5O3S/c27-19-16-6-1-2-7-17(16)23-18(24-19)20(28)22-13-14-4-3-5-15(12-14)25-8-10-26(11-9-25)21(29)30/h1-7,12H,8-11,13H2,(H,22,28)(H,29,30)(H,23,24,27). The van der Waals surface area contributed by atoms with E-state index in [9.17, 15) is 14.4 Å². The van der Waals surface area contributed by atoms with Crippen molar-refractivity contribution < 1.29 is 9.59 Å². The summed E-state index contributed by atoms with van der Waals surface area (Å²) in [6.07, 6.45) is 0. The molecule has 3 aromatic rings. The molecule has 2 aromatic carbocycles. The number of hydrogen-bond acceptors (Lipinski definition) is 5. The molecular formula is C21H21N5O3S. The summed E-state index contributed by atoms with van der Waals surface area (Å²) in [5.41, 5.74) is 2.10. The Kier molecular flexibility index (Phi) is 5.71. The third kappa shape index (κ3) is 4.30. The van der Waals surface area contributed by atoms with Gasteiger partial charge in [-0.25, -0.2) is 4.98 Å². The third-order valence-electron chi connectivity index (χ3n) is 5.11. The maximum atomic E-state index is 12.5. The number of H-pyrrole nitrogens is 1. The van der Waals surface area contributed by atoms with Crippen molar-refractivity contribution in [3.8, 4) is 0 Å². The van der Waals surface area contributed by atoms with Crippen LogP contribution in [0.5, 0.6) is 0 Å². The summed E-state index contributed by atoms with van der Waals surface area (Å²) in [4.78, 5) is 46.7. The van der Waals surface area contributed by atoms with Gasteiger partial charge in [-0.15, -0.1) is 0 Å². The summed E-state index contributed by atoms with van der Waals surface area (Å²) in [6.45, 7) is 3.02. The van der Waals surface area contributed by atoms with Crippen LogP contribution < -0.4 is 15.8 Å². The van der Waals surface area contributed by atoms with E-state index >= 15 is 0 Å². The van der Waals surface area contributed by atoms with Crippen molar-refractivity contribution in [2.24, 2.45) is 0 Å². The lowest BCUT2D eigenvalue weighted by Gasteiger charge is -2.35. The van der Waals surface area contributed by atoms with Crippen LogP contribution >= 0.6 is 12.6 Å². The number of para-hydroxylation sites is 1. The van der Waals surface area contributed by atoms with E-state index in [1.165, 1.54) is 0 Å². The molecule has 8 nitrogen and oxygen atoms in total. The fraction of sp³-hybridized carbons (Fsp3) is 0.238. The number of benzene rings is 2. The van der Waals surface area contributed by atoms with Crippen LogP contribution in [0.15, 0.2) is 53.3 Å². The molecule has 0 atom stereocenters. The molecule has 0 saturated carbocycles. The van der Waals surface area contributed by atoms with Gasteiger partial charge in [0.1, 0.15) is 0 Å². The zero-order valence-electron chi connectivity index (χ0n) is 16.2. The minimum Gasteiger partial charge on any atom is -0.368 e. The van der Waals surface area contributed by atoms with E-state index in [4.69, 9.17) is 0 Å². The van der Waals surface area contributed by atoms with E-state index in [0.29, 0.717) is 30.5 Å². The van der Waals surface area contributed by atoms with E-state index in [2.05, 4.69) is 32.8 Å². The van der Waals surface area contributed by atoms with Crippen LogP contribution in [0.1, 0.15) is 16.2 Å². The average molecular weight is 423 g/mol. The summed E-state index contributed by atoms with van der Waals surface area (Å²) in [5, 5.41) is 3.05. The number of piperazine rings is 1. The van der Waals surface area contributed by atoms with Gasteiger partial charge in [-0.2, -0.15) is 0 Å². The van der Waals surface area contributed by atoms with Crippen molar-refractivity contribution in [3.63, 3.8) is 0 Å². The highest BCUT2D eigenvalue weighted by molar-refractivity contribution is 7.96. The van der Waals surface area contributed by atoms with E-state index in [0.717, 1.165) is 24.3 Å². The molecule has 0 unspecified atom stereocenters. The van der Waals surface area contributed by atoms with Gasteiger partial charge in [-0.3, -0.25) is 14.4 Å². The van der Waals surface area contributed by atoms with Gasteiger partial charge < -0.3 is 20.1 Å². The van der Waals surface area contributed by atoms with Crippen LogP contribution in [0.4, 0.5) is 10.5 Å². The first kappa shape index (κ1) is 20.0. The average Bonchev–Trinajstić information content (AvgIpc) is 2.77. The third-order valence-corrected chi connectivity index (χ3v) is 5.39. The number of carbonyl (C=O) groups is 2. The molecule has 1 aliphatic heterocycles. The van der Waals surface area contributed by atoms with Gasteiger partial charge >= 0.3 is 0 Å². The molecule has 1 fully saturated rings. The summed E-state index contributed by atoms with van der Waals surface area (Å²) in [5.74, 6) is -0.452. The molecule has 2 amide bonds. The van der Waals surface area contributed by atoms with Gasteiger partial charge in [0.15, 0.2) is 5.82 Å². The molecular weight excluding hydrogens is 402 g/mol. The lowest BCUT2D eigenvalue weighted by atomic mass is 10.1. The number of aromatic amines is 1. The summed E-state index contributed by atoms with van der Waals surface area (Å²) in [6, 6.07) is 14.8. The lowest BCUT2D eigenvalue weighted by molar-refractivity contribution is 0.0940. The number of thiol groups is 1. The maximum Gasteiger partial charge on any atom is 0.287 e. The normalized spacial score (nSPS) is 14.0.